The summed E-state index contributed by atoms with van der Waals surface area (Å²) in [5, 5.41) is 0. The molecule has 26 heavy (non-hydrogen) atoms. The van der Waals surface area contributed by atoms with Gasteiger partial charge in [0, 0.05) is 0 Å². The van der Waals surface area contributed by atoms with Gasteiger partial charge in [0.25, 0.3) is 11.8 Å². The van der Waals surface area contributed by atoms with E-state index in [4.69, 9.17) is 9.47 Å². The summed E-state index contributed by atoms with van der Waals surface area (Å²) < 4.78 is 11.0. The minimum Gasteiger partial charge on any atom is -0.493 e. The summed E-state index contributed by atoms with van der Waals surface area (Å²) in [6.45, 7) is 4.54. The number of hydrazine groups is 1. The lowest BCUT2D eigenvalue weighted by atomic mass is 10.1. The van der Waals surface area contributed by atoms with Crippen molar-refractivity contribution in [1.82, 2.24) is 10.9 Å². The van der Waals surface area contributed by atoms with Crippen molar-refractivity contribution in [1.29, 1.82) is 0 Å². The van der Waals surface area contributed by atoms with Crippen LogP contribution in [0.15, 0.2) is 54.6 Å². The van der Waals surface area contributed by atoms with Crippen LogP contribution in [-0.4, -0.2) is 25.0 Å². The molecule has 0 heterocycles. The summed E-state index contributed by atoms with van der Waals surface area (Å²) in [6, 6.07) is 15.9. The van der Waals surface area contributed by atoms with Gasteiger partial charge in [0.05, 0.1) is 12.2 Å². The Hall–Kier alpha value is -3.02. The number of amides is 2. The van der Waals surface area contributed by atoms with Gasteiger partial charge in [0.15, 0.2) is 6.61 Å². The van der Waals surface area contributed by atoms with Gasteiger partial charge in [-0.25, -0.2) is 0 Å². The minimum absolute atomic E-state index is 0.198. The zero-order valence-electron chi connectivity index (χ0n) is 15.0. The first-order valence-electron chi connectivity index (χ1n) is 8.55. The molecule has 0 aliphatic heterocycles. The van der Waals surface area contributed by atoms with Crippen LogP contribution >= 0.6 is 0 Å². The predicted octanol–water partition coefficient (Wildman–Crippen LogP) is 2.95. The normalized spacial score (nSPS) is 10.3. The van der Waals surface area contributed by atoms with E-state index in [0.717, 1.165) is 6.42 Å². The van der Waals surface area contributed by atoms with Gasteiger partial charge in [-0.15, -0.1) is 0 Å². The number of benzene rings is 2. The maximum absolute atomic E-state index is 12.3. The summed E-state index contributed by atoms with van der Waals surface area (Å²) in [6.07, 6.45) is 0.892. The molecule has 2 aromatic rings. The molecule has 0 saturated carbocycles. The molecule has 6 nitrogen and oxygen atoms in total. The molecule has 0 fully saturated rings. The SMILES string of the molecule is CC(C)CCOc1ccccc1C(=O)NNC(=O)COc1ccccc1. The summed E-state index contributed by atoms with van der Waals surface area (Å²) in [5.74, 6) is 0.678. The molecule has 0 spiro atoms. The van der Waals surface area contributed by atoms with E-state index in [9.17, 15) is 9.59 Å². The highest BCUT2D eigenvalue weighted by Crippen LogP contribution is 2.18. The van der Waals surface area contributed by atoms with Crippen LogP contribution in [0.4, 0.5) is 0 Å². The van der Waals surface area contributed by atoms with Crippen molar-refractivity contribution in [2.24, 2.45) is 5.92 Å². The van der Waals surface area contributed by atoms with Crippen LogP contribution in [0.1, 0.15) is 30.6 Å². The van der Waals surface area contributed by atoms with Crippen molar-refractivity contribution in [3.8, 4) is 11.5 Å². The number of nitrogens with one attached hydrogen (secondary N) is 2. The zero-order valence-corrected chi connectivity index (χ0v) is 15.0. The molecule has 0 aliphatic rings. The number of para-hydroxylation sites is 2. The van der Waals surface area contributed by atoms with Crippen LogP contribution in [-0.2, 0) is 4.79 Å². The zero-order chi connectivity index (χ0) is 18.8. The van der Waals surface area contributed by atoms with Gasteiger partial charge < -0.3 is 9.47 Å². The first-order valence-corrected chi connectivity index (χ1v) is 8.55. The van der Waals surface area contributed by atoms with Gasteiger partial charge in [-0.05, 0) is 36.6 Å². The van der Waals surface area contributed by atoms with E-state index >= 15 is 0 Å². The topological polar surface area (TPSA) is 76.7 Å². The lowest BCUT2D eigenvalue weighted by molar-refractivity contribution is -0.123. The predicted molar refractivity (Wildman–Crippen MR) is 98.9 cm³/mol. The van der Waals surface area contributed by atoms with Gasteiger partial charge in [-0.2, -0.15) is 0 Å². The molecule has 0 saturated heterocycles. The highest BCUT2D eigenvalue weighted by atomic mass is 16.5. The van der Waals surface area contributed by atoms with E-state index in [2.05, 4.69) is 24.7 Å². The average molecular weight is 356 g/mol. The van der Waals surface area contributed by atoms with E-state index in [1.807, 2.05) is 18.2 Å². The van der Waals surface area contributed by atoms with Crippen molar-refractivity contribution < 1.29 is 19.1 Å². The molecule has 2 aromatic carbocycles. The number of hydrogen-bond donors (Lipinski definition) is 2. The second-order valence-corrected chi connectivity index (χ2v) is 6.13. The molecular weight excluding hydrogens is 332 g/mol. The summed E-state index contributed by atoms with van der Waals surface area (Å²) in [5.41, 5.74) is 5.07. The van der Waals surface area contributed by atoms with E-state index in [1.165, 1.54) is 0 Å². The fraction of sp³-hybridized carbons (Fsp3) is 0.300. The molecule has 0 radical (unpaired) electrons. The first kappa shape index (κ1) is 19.3. The van der Waals surface area contributed by atoms with Crippen molar-refractivity contribution in [3.05, 3.63) is 60.2 Å². The van der Waals surface area contributed by atoms with Gasteiger partial charge in [-0.1, -0.05) is 44.2 Å². The Morgan fingerprint density at radius 3 is 2.35 bits per heavy atom. The van der Waals surface area contributed by atoms with Crippen LogP contribution < -0.4 is 20.3 Å². The number of hydrogen-bond acceptors (Lipinski definition) is 4. The monoisotopic (exact) mass is 356 g/mol. The molecule has 2 N–H and O–H groups in total. The summed E-state index contributed by atoms with van der Waals surface area (Å²) in [4.78, 5) is 24.1. The van der Waals surface area contributed by atoms with Gasteiger partial charge in [0.2, 0.25) is 0 Å². The summed E-state index contributed by atoms with van der Waals surface area (Å²) in [7, 11) is 0. The second-order valence-electron chi connectivity index (χ2n) is 6.13. The number of carbonyl (C=O) groups is 2. The quantitative estimate of drug-likeness (QED) is 0.713. The molecule has 0 aromatic heterocycles. The second kappa shape index (κ2) is 10.1. The van der Waals surface area contributed by atoms with Gasteiger partial charge in [0.1, 0.15) is 11.5 Å². The maximum Gasteiger partial charge on any atom is 0.276 e. The smallest absolute Gasteiger partial charge is 0.276 e. The Morgan fingerprint density at radius 2 is 1.62 bits per heavy atom. The third-order valence-electron chi connectivity index (χ3n) is 3.51. The first-order chi connectivity index (χ1) is 12.6. The Kier molecular flexibility index (Phi) is 7.49. The number of ether oxygens (including phenoxy) is 2. The third-order valence-corrected chi connectivity index (χ3v) is 3.51. The Balaban J connectivity index is 1.82. The lowest BCUT2D eigenvalue weighted by Crippen LogP contribution is -2.43. The highest BCUT2D eigenvalue weighted by molar-refractivity contribution is 5.97. The Morgan fingerprint density at radius 1 is 0.923 bits per heavy atom. The van der Waals surface area contributed by atoms with Crippen LogP contribution in [0.5, 0.6) is 11.5 Å². The van der Waals surface area contributed by atoms with Gasteiger partial charge in [-0.3, -0.25) is 20.4 Å². The standard InChI is InChI=1S/C20H24N2O4/c1-15(2)12-13-25-18-11-7-6-10-17(18)20(24)22-21-19(23)14-26-16-8-4-3-5-9-16/h3-11,15H,12-14H2,1-2H3,(H,21,23)(H,22,24). The molecule has 0 atom stereocenters. The molecule has 2 rings (SSSR count). The van der Waals surface area contributed by atoms with Gasteiger partial charge >= 0.3 is 0 Å². The third kappa shape index (κ3) is 6.47. The van der Waals surface area contributed by atoms with E-state index in [-0.39, 0.29) is 6.61 Å². The van der Waals surface area contributed by atoms with Crippen LogP contribution in [0, 0.1) is 5.92 Å². The highest BCUT2D eigenvalue weighted by Gasteiger charge is 2.13. The van der Waals surface area contributed by atoms with Crippen LogP contribution in [0.25, 0.3) is 0 Å². The lowest BCUT2D eigenvalue weighted by Gasteiger charge is -2.13. The fourth-order valence-corrected chi connectivity index (χ4v) is 2.08. The fourth-order valence-electron chi connectivity index (χ4n) is 2.08. The maximum atomic E-state index is 12.3. The summed E-state index contributed by atoms with van der Waals surface area (Å²) >= 11 is 0. The van der Waals surface area contributed by atoms with E-state index in [0.29, 0.717) is 29.6 Å². The Bertz CT molecular complexity index is 717. The molecule has 2 amide bonds. The molecule has 6 heteroatoms. The van der Waals surface area contributed by atoms with E-state index < -0.39 is 11.8 Å². The molecule has 0 aliphatic carbocycles. The largest absolute Gasteiger partial charge is 0.493 e. The van der Waals surface area contributed by atoms with Crippen molar-refractivity contribution in [2.45, 2.75) is 20.3 Å². The molecule has 0 unspecified atom stereocenters. The van der Waals surface area contributed by atoms with Crippen molar-refractivity contribution >= 4 is 11.8 Å². The minimum atomic E-state index is -0.458. The van der Waals surface area contributed by atoms with Crippen molar-refractivity contribution in [2.75, 3.05) is 13.2 Å². The molecular formula is C20H24N2O4. The Labute approximate surface area is 153 Å². The molecule has 138 valence electrons. The van der Waals surface area contributed by atoms with Crippen molar-refractivity contribution in [3.63, 3.8) is 0 Å². The number of rotatable bonds is 8. The molecule has 0 bridgehead atoms. The van der Waals surface area contributed by atoms with E-state index in [1.54, 1.807) is 36.4 Å². The average Bonchev–Trinajstić information content (AvgIpc) is 2.65. The number of carbonyl (C=O) groups excluding carboxylic acids is 2. The van der Waals surface area contributed by atoms with Crippen LogP contribution in [0.2, 0.25) is 0 Å². The van der Waals surface area contributed by atoms with Crippen LogP contribution in [0.3, 0.4) is 0 Å².